The van der Waals surface area contributed by atoms with Gasteiger partial charge in [-0.15, -0.1) is 24.3 Å². The summed E-state index contributed by atoms with van der Waals surface area (Å²) in [6.07, 6.45) is 3.76. The van der Waals surface area contributed by atoms with E-state index in [0.717, 1.165) is 23.1 Å². The van der Waals surface area contributed by atoms with Crippen molar-refractivity contribution in [3.8, 4) is 0 Å². The van der Waals surface area contributed by atoms with Crippen LogP contribution in [0.3, 0.4) is 0 Å². The molecule has 15 heavy (non-hydrogen) atoms. The maximum atomic E-state index is 11.4. The fraction of sp³-hybridized carbons (Fsp3) is 0.167. The van der Waals surface area contributed by atoms with Crippen LogP contribution in [0.4, 0.5) is 0 Å². The maximum Gasteiger partial charge on any atom is 0.249 e. The summed E-state index contributed by atoms with van der Waals surface area (Å²) in [5.74, 6) is 0.0142. The van der Waals surface area contributed by atoms with Crippen molar-refractivity contribution in [1.29, 1.82) is 0 Å². The Morgan fingerprint density at radius 1 is 1.47 bits per heavy atom. The van der Waals surface area contributed by atoms with Crippen LogP contribution < -0.4 is 5.32 Å². The van der Waals surface area contributed by atoms with Crippen LogP contribution in [-0.4, -0.2) is 12.5 Å². The van der Waals surface area contributed by atoms with Crippen molar-refractivity contribution < 1.29 is 25.9 Å². The molecular weight excluding hydrogens is 270 g/mol. The zero-order chi connectivity index (χ0) is 9.97. The molecule has 1 N–H and O–H groups in total. The van der Waals surface area contributed by atoms with E-state index in [2.05, 4.69) is 23.7 Å². The Hall–Kier alpha value is -1.10. The molecule has 1 aromatic carbocycles. The van der Waals surface area contributed by atoms with Crippen molar-refractivity contribution in [3.05, 3.63) is 53.3 Å². The summed E-state index contributed by atoms with van der Waals surface area (Å²) >= 11 is 0. The van der Waals surface area contributed by atoms with Gasteiger partial charge in [-0.3, -0.25) is 4.79 Å². The number of hydrogen-bond donors (Lipinski definition) is 1. The Morgan fingerprint density at radius 3 is 3.00 bits per heavy atom. The fourth-order valence-corrected chi connectivity index (χ4v) is 1.61. The summed E-state index contributed by atoms with van der Waals surface area (Å²) in [4.78, 5) is 11.4. The second-order valence-electron chi connectivity index (χ2n) is 3.18. The average molecular weight is 280 g/mol. The third-order valence-electron chi connectivity index (χ3n) is 2.26. The van der Waals surface area contributed by atoms with Gasteiger partial charge in [-0.2, -0.15) is 0 Å². The van der Waals surface area contributed by atoms with E-state index in [-0.39, 0.29) is 27.0 Å². The van der Waals surface area contributed by atoms with Crippen LogP contribution in [0, 0.1) is 6.08 Å². The molecule has 1 heterocycles. The first-order chi connectivity index (χ1) is 6.81. The Morgan fingerprint density at radius 2 is 2.27 bits per heavy atom. The molecule has 76 valence electrons. The van der Waals surface area contributed by atoms with Gasteiger partial charge < -0.3 is 5.32 Å². The minimum atomic E-state index is 0. The van der Waals surface area contributed by atoms with Gasteiger partial charge in [-0.05, 0) is 6.42 Å². The first-order valence-corrected chi connectivity index (χ1v) is 4.50. The zero-order valence-electron chi connectivity index (χ0n) is 8.17. The van der Waals surface area contributed by atoms with Crippen molar-refractivity contribution >= 4 is 5.91 Å². The minimum absolute atomic E-state index is 0. The van der Waals surface area contributed by atoms with Crippen molar-refractivity contribution in [2.45, 2.75) is 6.42 Å². The molecule has 0 atom stereocenters. The summed E-state index contributed by atoms with van der Waals surface area (Å²) in [6, 6.07) is 5.64. The number of rotatable bonds is 1. The fourth-order valence-electron chi connectivity index (χ4n) is 1.61. The van der Waals surface area contributed by atoms with E-state index in [0.29, 0.717) is 6.54 Å². The quantitative estimate of drug-likeness (QED) is 0.471. The molecule has 0 spiro atoms. The Balaban J connectivity index is 0.00000112. The van der Waals surface area contributed by atoms with Gasteiger partial charge in [0.2, 0.25) is 5.91 Å². The predicted molar refractivity (Wildman–Crippen MR) is 54.0 cm³/mol. The normalized spacial score (nSPS) is 12.9. The third-order valence-corrected chi connectivity index (χ3v) is 2.26. The molecular formula is C12H10MoNO-. The molecule has 0 saturated heterocycles. The summed E-state index contributed by atoms with van der Waals surface area (Å²) < 4.78 is 0. The molecule has 0 aromatic heterocycles. The van der Waals surface area contributed by atoms with Gasteiger partial charge in [0.15, 0.2) is 0 Å². The van der Waals surface area contributed by atoms with Gasteiger partial charge in [0, 0.05) is 33.2 Å². The smallest absolute Gasteiger partial charge is 0.249 e. The number of hydrogen-bond acceptors (Lipinski definition) is 1. The van der Waals surface area contributed by atoms with Crippen molar-refractivity contribution in [2.24, 2.45) is 0 Å². The van der Waals surface area contributed by atoms with E-state index in [1.807, 2.05) is 18.2 Å². The first-order valence-electron chi connectivity index (χ1n) is 4.50. The molecule has 1 aliphatic heterocycles. The molecule has 2 nitrogen and oxygen atoms in total. The Bertz CT molecular complexity index is 433. The molecule has 0 radical (unpaired) electrons. The van der Waals surface area contributed by atoms with E-state index in [4.69, 9.17) is 0 Å². The van der Waals surface area contributed by atoms with Crippen molar-refractivity contribution in [2.75, 3.05) is 6.54 Å². The van der Waals surface area contributed by atoms with Crippen molar-refractivity contribution in [1.82, 2.24) is 5.32 Å². The van der Waals surface area contributed by atoms with Crippen molar-refractivity contribution in [3.63, 3.8) is 0 Å². The maximum absolute atomic E-state index is 11.4. The topological polar surface area (TPSA) is 29.1 Å². The molecule has 0 aliphatic carbocycles. The zero-order valence-corrected chi connectivity index (χ0v) is 10.2. The van der Waals surface area contributed by atoms with Gasteiger partial charge >= 0.3 is 0 Å². The second-order valence-corrected chi connectivity index (χ2v) is 3.18. The summed E-state index contributed by atoms with van der Waals surface area (Å²) in [5.41, 5.74) is 5.37. The number of benzene rings is 1. The first kappa shape index (κ1) is 12.0. The largest absolute Gasteiger partial charge is 0.352 e. The predicted octanol–water partition coefficient (Wildman–Crippen LogP) is 1.46. The molecule has 1 aromatic rings. The van der Waals surface area contributed by atoms with E-state index in [1.165, 1.54) is 0 Å². The van der Waals surface area contributed by atoms with Crippen LogP contribution in [0.1, 0.15) is 21.5 Å². The average Bonchev–Trinajstić information content (AvgIpc) is 2.18. The van der Waals surface area contributed by atoms with Gasteiger partial charge in [0.1, 0.15) is 0 Å². The van der Waals surface area contributed by atoms with Gasteiger partial charge in [0.05, 0.1) is 0 Å². The minimum Gasteiger partial charge on any atom is -0.352 e. The number of carbonyl (C=O) groups is 1. The van der Waals surface area contributed by atoms with Gasteiger partial charge in [-0.1, -0.05) is 17.7 Å². The molecule has 1 aliphatic rings. The van der Waals surface area contributed by atoms with E-state index < -0.39 is 0 Å². The van der Waals surface area contributed by atoms with Crippen LogP contribution in [0.15, 0.2) is 30.5 Å². The molecule has 0 bridgehead atoms. The van der Waals surface area contributed by atoms with Crippen LogP contribution in [-0.2, 0) is 27.5 Å². The molecule has 2 rings (SSSR count). The Labute approximate surface area is 103 Å². The summed E-state index contributed by atoms with van der Waals surface area (Å²) in [6.45, 7) is 4.18. The standard InChI is InChI=1S/C12H10NO.Mo/c1-2-3-9-4-5-11-10(8-9)6-7-13-12(11)14;/h4-5,8H,1,6-7H2,(H,13,14);/q-1;. The van der Waals surface area contributed by atoms with E-state index in [9.17, 15) is 4.79 Å². The van der Waals surface area contributed by atoms with Crippen LogP contribution >= 0.6 is 0 Å². The van der Waals surface area contributed by atoms with Crippen LogP contribution in [0.5, 0.6) is 0 Å². The van der Waals surface area contributed by atoms with Gasteiger partial charge in [-0.25, -0.2) is 5.73 Å². The number of amides is 1. The molecule has 3 heteroatoms. The molecule has 0 fully saturated rings. The Kier molecular flexibility index (Phi) is 4.08. The summed E-state index contributed by atoms with van der Waals surface area (Å²) in [7, 11) is 0. The number of fused-ring (bicyclic) bond motifs is 1. The third kappa shape index (κ3) is 2.47. The van der Waals surface area contributed by atoms with Crippen LogP contribution in [0.25, 0.3) is 0 Å². The number of nitrogens with one attached hydrogen (secondary N) is 1. The SMILES string of the molecule is C=C=[C-]c1ccc2c(c1)CCNC2=O.[Mo]. The molecule has 0 unspecified atom stereocenters. The monoisotopic (exact) mass is 282 g/mol. The van der Waals surface area contributed by atoms with Gasteiger partial charge in [0.25, 0.3) is 0 Å². The molecule has 1 amide bonds. The van der Waals surface area contributed by atoms with E-state index in [1.54, 1.807) is 0 Å². The number of carbonyl (C=O) groups excluding carboxylic acids is 1. The van der Waals surface area contributed by atoms with E-state index >= 15 is 0 Å². The second kappa shape index (κ2) is 5.11. The van der Waals surface area contributed by atoms with Crippen LogP contribution in [0.2, 0.25) is 0 Å². The summed E-state index contributed by atoms with van der Waals surface area (Å²) in [5, 5.41) is 2.80. The molecule has 0 saturated carbocycles.